The normalized spacial score (nSPS) is 13.2. The van der Waals surface area contributed by atoms with Crippen molar-refractivity contribution in [3.63, 3.8) is 0 Å². The molecule has 0 radical (unpaired) electrons. The van der Waals surface area contributed by atoms with E-state index in [1.165, 1.54) is 0 Å². The Hall–Kier alpha value is -0.120. The molecule has 0 rings (SSSR count). The number of ether oxygens (including phenoxy) is 2. The van der Waals surface area contributed by atoms with Gasteiger partial charge in [0.05, 0.1) is 31.0 Å². The van der Waals surface area contributed by atoms with Crippen molar-refractivity contribution in [2.24, 2.45) is 0 Å². The number of rotatable bonds is 7. The van der Waals surface area contributed by atoms with Gasteiger partial charge in [-0.2, -0.15) is 0 Å². The zero-order valence-electron chi connectivity index (χ0n) is 10.8. The van der Waals surface area contributed by atoms with Crippen LogP contribution in [-0.2, 0) is 9.47 Å². The lowest BCUT2D eigenvalue weighted by atomic mass is 9.96. The van der Waals surface area contributed by atoms with Gasteiger partial charge < -0.3 is 14.6 Å². The molecule has 0 saturated heterocycles. The van der Waals surface area contributed by atoms with Crippen molar-refractivity contribution in [1.29, 1.82) is 0 Å². The molecule has 0 aromatic carbocycles. The average Bonchev–Trinajstić information content (AvgIpc) is 2.15. The van der Waals surface area contributed by atoms with Gasteiger partial charge in [0.2, 0.25) is 0 Å². The van der Waals surface area contributed by atoms with Gasteiger partial charge in [-0.3, -0.25) is 0 Å². The Bertz CT molecular complexity index is 157. The van der Waals surface area contributed by atoms with Crippen LogP contribution in [0.25, 0.3) is 0 Å². The van der Waals surface area contributed by atoms with Gasteiger partial charge in [-0.1, -0.05) is 13.8 Å². The van der Waals surface area contributed by atoms with Crippen molar-refractivity contribution in [2.75, 3.05) is 19.8 Å². The number of hydrogen-bond donors (Lipinski definition) is 1. The maximum atomic E-state index is 8.68. The number of aliphatic hydroxyl groups excluding tert-OH is 1. The zero-order valence-corrected chi connectivity index (χ0v) is 10.8. The minimum atomic E-state index is -0.215. The second-order valence-corrected chi connectivity index (χ2v) is 4.88. The predicted molar refractivity (Wildman–Crippen MR) is 62.1 cm³/mol. The number of hydrogen-bond acceptors (Lipinski definition) is 3. The molecule has 92 valence electrons. The van der Waals surface area contributed by atoms with Crippen LogP contribution in [0, 0.1) is 0 Å². The van der Waals surface area contributed by atoms with Crippen LogP contribution in [0.1, 0.15) is 47.5 Å². The van der Waals surface area contributed by atoms with E-state index >= 15 is 0 Å². The Morgan fingerprint density at radius 2 is 1.60 bits per heavy atom. The first-order chi connectivity index (χ1) is 6.89. The summed E-state index contributed by atoms with van der Waals surface area (Å²) < 4.78 is 11.5. The van der Waals surface area contributed by atoms with Crippen LogP contribution in [0.5, 0.6) is 0 Å². The average molecular weight is 218 g/mol. The lowest BCUT2D eigenvalue weighted by Crippen LogP contribution is -2.43. The summed E-state index contributed by atoms with van der Waals surface area (Å²) in [6, 6.07) is 0. The van der Waals surface area contributed by atoms with Gasteiger partial charge in [0.1, 0.15) is 0 Å². The molecular formula is C12H26O3. The fourth-order valence-electron chi connectivity index (χ4n) is 1.60. The minimum absolute atomic E-state index is 0.0685. The topological polar surface area (TPSA) is 38.7 Å². The first-order valence-corrected chi connectivity index (χ1v) is 5.78. The van der Waals surface area contributed by atoms with Crippen molar-refractivity contribution < 1.29 is 14.6 Å². The zero-order chi connectivity index (χ0) is 11.9. The van der Waals surface area contributed by atoms with Crippen molar-refractivity contribution in [3.8, 4) is 0 Å². The molecule has 0 aliphatic rings. The largest absolute Gasteiger partial charge is 0.394 e. The second kappa shape index (κ2) is 6.46. The summed E-state index contributed by atoms with van der Waals surface area (Å²) in [5.74, 6) is 0. The van der Waals surface area contributed by atoms with Gasteiger partial charge in [-0.05, 0) is 33.6 Å². The Balaban J connectivity index is 4.30. The molecule has 0 spiro atoms. The van der Waals surface area contributed by atoms with E-state index in [9.17, 15) is 0 Å². The molecule has 0 saturated carbocycles. The standard InChI is InChI=1S/C12H26O3/c1-6-12(7-2,10-14-9-8-13)15-11(3,4)5/h13H,6-10H2,1-5H3. The van der Waals surface area contributed by atoms with Crippen LogP contribution < -0.4 is 0 Å². The molecule has 0 fully saturated rings. The fourth-order valence-corrected chi connectivity index (χ4v) is 1.60. The molecule has 0 aromatic heterocycles. The predicted octanol–water partition coefficient (Wildman–Crippen LogP) is 2.37. The van der Waals surface area contributed by atoms with Gasteiger partial charge in [-0.25, -0.2) is 0 Å². The first kappa shape index (κ1) is 14.9. The molecule has 0 aromatic rings. The van der Waals surface area contributed by atoms with Gasteiger partial charge >= 0.3 is 0 Å². The van der Waals surface area contributed by atoms with E-state index in [0.29, 0.717) is 13.2 Å². The molecule has 1 N–H and O–H groups in total. The molecule has 0 aliphatic carbocycles. The third kappa shape index (κ3) is 6.13. The van der Waals surface area contributed by atoms with E-state index < -0.39 is 0 Å². The van der Waals surface area contributed by atoms with E-state index in [-0.39, 0.29) is 17.8 Å². The Morgan fingerprint density at radius 1 is 1.07 bits per heavy atom. The quantitative estimate of drug-likeness (QED) is 0.667. The van der Waals surface area contributed by atoms with Gasteiger partial charge in [-0.15, -0.1) is 0 Å². The third-order valence-corrected chi connectivity index (χ3v) is 2.41. The summed E-state index contributed by atoms with van der Waals surface area (Å²) in [5, 5.41) is 8.68. The van der Waals surface area contributed by atoms with Gasteiger partial charge in [0.25, 0.3) is 0 Å². The van der Waals surface area contributed by atoms with E-state index in [4.69, 9.17) is 14.6 Å². The molecule has 0 amide bonds. The lowest BCUT2D eigenvalue weighted by molar-refractivity contribution is -0.167. The first-order valence-electron chi connectivity index (χ1n) is 5.78. The van der Waals surface area contributed by atoms with Crippen LogP contribution in [0.15, 0.2) is 0 Å². The molecule has 0 aliphatic heterocycles. The third-order valence-electron chi connectivity index (χ3n) is 2.41. The van der Waals surface area contributed by atoms with Gasteiger partial charge in [0, 0.05) is 0 Å². The molecule has 3 nitrogen and oxygen atoms in total. The maximum absolute atomic E-state index is 8.68. The highest BCUT2D eigenvalue weighted by Gasteiger charge is 2.32. The summed E-state index contributed by atoms with van der Waals surface area (Å²) in [7, 11) is 0. The summed E-state index contributed by atoms with van der Waals surface area (Å²) in [6.45, 7) is 11.4. The maximum Gasteiger partial charge on any atom is 0.0916 e. The number of aliphatic hydroxyl groups is 1. The van der Waals surface area contributed by atoms with Crippen molar-refractivity contribution >= 4 is 0 Å². The van der Waals surface area contributed by atoms with E-state index in [1.54, 1.807) is 0 Å². The minimum Gasteiger partial charge on any atom is -0.394 e. The van der Waals surface area contributed by atoms with E-state index in [0.717, 1.165) is 12.8 Å². The van der Waals surface area contributed by atoms with Crippen LogP contribution >= 0.6 is 0 Å². The molecule has 3 heteroatoms. The molecular weight excluding hydrogens is 192 g/mol. The molecule has 0 atom stereocenters. The molecule has 0 bridgehead atoms. The van der Waals surface area contributed by atoms with Gasteiger partial charge in [0.15, 0.2) is 0 Å². The SMILES string of the molecule is CCC(CC)(COCCO)OC(C)(C)C. The van der Waals surface area contributed by atoms with Crippen LogP contribution in [0.4, 0.5) is 0 Å². The molecule has 0 heterocycles. The fraction of sp³-hybridized carbons (Fsp3) is 1.00. The summed E-state index contributed by atoms with van der Waals surface area (Å²) >= 11 is 0. The summed E-state index contributed by atoms with van der Waals surface area (Å²) in [5.41, 5.74) is -0.373. The second-order valence-electron chi connectivity index (χ2n) is 4.88. The van der Waals surface area contributed by atoms with Crippen molar-refractivity contribution in [1.82, 2.24) is 0 Å². The summed E-state index contributed by atoms with van der Waals surface area (Å²) in [4.78, 5) is 0. The van der Waals surface area contributed by atoms with Crippen LogP contribution in [-0.4, -0.2) is 36.1 Å². The molecule has 0 unspecified atom stereocenters. The van der Waals surface area contributed by atoms with E-state index in [2.05, 4.69) is 34.6 Å². The smallest absolute Gasteiger partial charge is 0.0916 e. The highest BCUT2D eigenvalue weighted by atomic mass is 16.6. The molecule has 15 heavy (non-hydrogen) atoms. The van der Waals surface area contributed by atoms with Crippen molar-refractivity contribution in [3.05, 3.63) is 0 Å². The van der Waals surface area contributed by atoms with Crippen LogP contribution in [0.3, 0.4) is 0 Å². The highest BCUT2D eigenvalue weighted by molar-refractivity contribution is 4.81. The van der Waals surface area contributed by atoms with Crippen LogP contribution in [0.2, 0.25) is 0 Å². The summed E-state index contributed by atoms with van der Waals surface area (Å²) in [6.07, 6.45) is 1.85. The van der Waals surface area contributed by atoms with E-state index in [1.807, 2.05) is 0 Å². The monoisotopic (exact) mass is 218 g/mol. The van der Waals surface area contributed by atoms with Crippen molar-refractivity contribution in [2.45, 2.75) is 58.7 Å². The Labute approximate surface area is 93.8 Å². The Morgan fingerprint density at radius 3 is 1.93 bits per heavy atom. The Kier molecular flexibility index (Phi) is 6.41. The lowest BCUT2D eigenvalue weighted by Gasteiger charge is -2.38. The highest BCUT2D eigenvalue weighted by Crippen LogP contribution is 2.27.